The number of hydrogen-bond donors (Lipinski definition) is 1. The van der Waals surface area contributed by atoms with E-state index in [2.05, 4.69) is 0 Å². The molecular formula is C11H22N2O3S. The predicted molar refractivity (Wildman–Crippen MR) is 65.7 cm³/mol. The van der Waals surface area contributed by atoms with Crippen LogP contribution < -0.4 is 0 Å². The highest BCUT2D eigenvalue weighted by molar-refractivity contribution is 7.86. The molecule has 0 amide bonds. The molecule has 2 aliphatic heterocycles. The van der Waals surface area contributed by atoms with Crippen LogP contribution in [0.25, 0.3) is 0 Å². The van der Waals surface area contributed by atoms with E-state index < -0.39 is 10.2 Å². The molecule has 0 radical (unpaired) electrons. The fourth-order valence-electron chi connectivity index (χ4n) is 2.59. The van der Waals surface area contributed by atoms with Crippen molar-refractivity contribution in [1.29, 1.82) is 0 Å². The Morgan fingerprint density at radius 1 is 1.00 bits per heavy atom. The molecule has 2 aliphatic rings. The van der Waals surface area contributed by atoms with Gasteiger partial charge in [-0.2, -0.15) is 17.0 Å². The zero-order valence-corrected chi connectivity index (χ0v) is 11.0. The van der Waals surface area contributed by atoms with Gasteiger partial charge in [-0.25, -0.2) is 0 Å². The van der Waals surface area contributed by atoms with Crippen LogP contribution in [-0.4, -0.2) is 54.9 Å². The van der Waals surface area contributed by atoms with Gasteiger partial charge in [-0.1, -0.05) is 12.8 Å². The van der Waals surface area contributed by atoms with Gasteiger partial charge in [0.25, 0.3) is 10.2 Å². The van der Waals surface area contributed by atoms with Crippen LogP contribution in [0.2, 0.25) is 0 Å². The summed E-state index contributed by atoms with van der Waals surface area (Å²) in [7, 11) is -3.27. The quantitative estimate of drug-likeness (QED) is 0.802. The summed E-state index contributed by atoms with van der Waals surface area (Å²) >= 11 is 0. The Hall–Kier alpha value is -0.170. The van der Waals surface area contributed by atoms with E-state index in [1.54, 1.807) is 8.61 Å². The van der Waals surface area contributed by atoms with E-state index >= 15 is 0 Å². The van der Waals surface area contributed by atoms with E-state index in [9.17, 15) is 8.42 Å². The van der Waals surface area contributed by atoms with Crippen molar-refractivity contribution in [3.05, 3.63) is 0 Å². The maximum Gasteiger partial charge on any atom is 0.281 e. The molecule has 0 aromatic rings. The maximum atomic E-state index is 12.4. The van der Waals surface area contributed by atoms with Crippen LogP contribution in [-0.2, 0) is 10.2 Å². The Morgan fingerprint density at radius 2 is 1.65 bits per heavy atom. The predicted octanol–water partition coefficient (Wildman–Crippen LogP) is 0.421. The van der Waals surface area contributed by atoms with Crippen molar-refractivity contribution in [1.82, 2.24) is 8.61 Å². The molecule has 1 N–H and O–H groups in total. The molecule has 0 spiro atoms. The summed E-state index contributed by atoms with van der Waals surface area (Å²) in [5.41, 5.74) is 0. The summed E-state index contributed by atoms with van der Waals surface area (Å²) in [5.74, 6) is 0.122. The van der Waals surface area contributed by atoms with Crippen molar-refractivity contribution in [3.8, 4) is 0 Å². The molecule has 2 rings (SSSR count). The van der Waals surface area contributed by atoms with Gasteiger partial charge in [0, 0.05) is 32.8 Å². The first kappa shape index (κ1) is 13.3. The molecule has 6 heteroatoms. The van der Waals surface area contributed by atoms with Crippen LogP contribution in [0.4, 0.5) is 0 Å². The van der Waals surface area contributed by atoms with Crippen molar-refractivity contribution < 1.29 is 13.5 Å². The fraction of sp³-hybridized carbons (Fsp3) is 1.00. The van der Waals surface area contributed by atoms with Gasteiger partial charge in [-0.15, -0.1) is 0 Å². The number of rotatable bonds is 3. The third-order valence-corrected chi connectivity index (χ3v) is 5.73. The van der Waals surface area contributed by atoms with Gasteiger partial charge in [0.05, 0.1) is 0 Å². The molecule has 1 unspecified atom stereocenters. The second-order valence-electron chi connectivity index (χ2n) is 5.02. The van der Waals surface area contributed by atoms with E-state index in [0.717, 1.165) is 32.1 Å². The lowest BCUT2D eigenvalue weighted by atomic mass is 10.1. The van der Waals surface area contributed by atoms with Crippen molar-refractivity contribution in [2.24, 2.45) is 5.92 Å². The van der Waals surface area contributed by atoms with E-state index in [4.69, 9.17) is 5.11 Å². The lowest BCUT2D eigenvalue weighted by Crippen LogP contribution is -2.43. The fourth-order valence-corrected chi connectivity index (χ4v) is 4.37. The molecule has 5 nitrogen and oxygen atoms in total. The molecule has 0 bridgehead atoms. The Labute approximate surface area is 104 Å². The van der Waals surface area contributed by atoms with Crippen LogP contribution in [0.1, 0.15) is 32.1 Å². The lowest BCUT2D eigenvalue weighted by Gasteiger charge is -2.26. The molecule has 0 saturated carbocycles. The first-order valence-corrected chi connectivity index (χ1v) is 7.90. The topological polar surface area (TPSA) is 60.9 Å². The first-order valence-electron chi connectivity index (χ1n) is 6.50. The highest BCUT2D eigenvalue weighted by Crippen LogP contribution is 2.23. The lowest BCUT2D eigenvalue weighted by molar-refractivity contribution is 0.232. The number of hydrogen-bond acceptors (Lipinski definition) is 3. The minimum atomic E-state index is -3.27. The summed E-state index contributed by atoms with van der Waals surface area (Å²) in [6.45, 7) is 2.44. The molecule has 2 saturated heterocycles. The average Bonchev–Trinajstić information content (AvgIpc) is 2.64. The largest absolute Gasteiger partial charge is 0.396 e. The van der Waals surface area contributed by atoms with Gasteiger partial charge < -0.3 is 5.11 Å². The summed E-state index contributed by atoms with van der Waals surface area (Å²) in [5, 5.41) is 9.07. The molecule has 0 aliphatic carbocycles. The first-order chi connectivity index (χ1) is 8.14. The van der Waals surface area contributed by atoms with Gasteiger partial charge in [-0.05, 0) is 25.2 Å². The van der Waals surface area contributed by atoms with Gasteiger partial charge >= 0.3 is 0 Å². The third kappa shape index (κ3) is 2.99. The van der Waals surface area contributed by atoms with Crippen LogP contribution >= 0.6 is 0 Å². The van der Waals surface area contributed by atoms with Gasteiger partial charge in [0.1, 0.15) is 0 Å². The Bertz CT molecular complexity index is 337. The van der Waals surface area contributed by atoms with Gasteiger partial charge in [-0.3, -0.25) is 0 Å². The summed E-state index contributed by atoms with van der Waals surface area (Å²) in [6.07, 6.45) is 4.98. The van der Waals surface area contributed by atoms with Crippen LogP contribution in [0.5, 0.6) is 0 Å². The average molecular weight is 262 g/mol. The SMILES string of the molecule is O=S(=O)(N1CCCCCC1)N1CCC(CO)C1. The van der Waals surface area contributed by atoms with Crippen molar-refractivity contribution in [2.45, 2.75) is 32.1 Å². The summed E-state index contributed by atoms with van der Waals surface area (Å²) in [6, 6.07) is 0. The van der Waals surface area contributed by atoms with Gasteiger partial charge in [0.15, 0.2) is 0 Å². The van der Waals surface area contributed by atoms with E-state index in [-0.39, 0.29) is 12.5 Å². The smallest absolute Gasteiger partial charge is 0.281 e. The highest BCUT2D eigenvalue weighted by atomic mass is 32.2. The normalized spacial score (nSPS) is 29.4. The third-order valence-electron chi connectivity index (χ3n) is 3.72. The van der Waals surface area contributed by atoms with Crippen molar-refractivity contribution in [3.63, 3.8) is 0 Å². The molecule has 2 fully saturated rings. The second kappa shape index (κ2) is 5.65. The van der Waals surface area contributed by atoms with Crippen molar-refractivity contribution in [2.75, 3.05) is 32.8 Å². The molecule has 1 atom stereocenters. The van der Waals surface area contributed by atoms with Crippen LogP contribution in [0, 0.1) is 5.92 Å². The monoisotopic (exact) mass is 262 g/mol. The molecular weight excluding hydrogens is 240 g/mol. The van der Waals surface area contributed by atoms with Gasteiger partial charge in [0.2, 0.25) is 0 Å². The zero-order chi connectivity index (χ0) is 12.3. The molecule has 0 aromatic heterocycles. The zero-order valence-electron chi connectivity index (χ0n) is 10.2. The van der Waals surface area contributed by atoms with Crippen molar-refractivity contribution >= 4 is 10.2 Å². The van der Waals surface area contributed by atoms with Crippen LogP contribution in [0.3, 0.4) is 0 Å². The molecule has 0 aromatic carbocycles. The van der Waals surface area contributed by atoms with E-state index in [1.807, 2.05) is 0 Å². The number of aliphatic hydroxyl groups is 1. The van der Waals surface area contributed by atoms with E-state index in [0.29, 0.717) is 26.2 Å². The number of aliphatic hydroxyl groups excluding tert-OH is 1. The standard InChI is InChI=1S/C11H22N2O3S/c14-10-11-5-8-13(9-11)17(15,16)12-6-3-1-2-4-7-12/h11,14H,1-10H2. The Balaban J connectivity index is 2.02. The minimum absolute atomic E-state index is 0.0893. The highest BCUT2D eigenvalue weighted by Gasteiger charge is 2.35. The maximum absolute atomic E-state index is 12.4. The molecule has 2 heterocycles. The summed E-state index contributed by atoms with van der Waals surface area (Å²) < 4.78 is 27.9. The van der Waals surface area contributed by atoms with Crippen LogP contribution in [0.15, 0.2) is 0 Å². The molecule has 100 valence electrons. The minimum Gasteiger partial charge on any atom is -0.396 e. The second-order valence-corrected chi connectivity index (χ2v) is 6.94. The molecule has 17 heavy (non-hydrogen) atoms. The Morgan fingerprint density at radius 3 is 2.18 bits per heavy atom. The van der Waals surface area contributed by atoms with E-state index in [1.165, 1.54) is 0 Å². The summed E-state index contributed by atoms with van der Waals surface area (Å²) in [4.78, 5) is 0. The number of nitrogens with zero attached hydrogens (tertiary/aromatic N) is 2. The Kier molecular flexibility index (Phi) is 4.41.